The molecule has 0 aliphatic carbocycles. The minimum absolute atomic E-state index is 0.0335. The standard InChI is InChI=1S/C23H22N4O2S/c1-24-30(28,29)16-18-13-11-17(12-14-18)15-25-23-20-9-5-6-10-21(20)26-22(27-23)19-7-3-2-4-8-19/h2-14,24H,15-16H2,1H3,(H,25,26,27). The van der Waals surface area contributed by atoms with Gasteiger partial charge in [-0.25, -0.2) is 23.1 Å². The number of anilines is 1. The van der Waals surface area contributed by atoms with E-state index in [0.29, 0.717) is 12.4 Å². The summed E-state index contributed by atoms with van der Waals surface area (Å²) >= 11 is 0. The van der Waals surface area contributed by atoms with Crippen molar-refractivity contribution in [3.8, 4) is 11.4 Å². The monoisotopic (exact) mass is 418 g/mol. The molecule has 3 aromatic carbocycles. The second-order valence-electron chi connectivity index (χ2n) is 6.91. The van der Waals surface area contributed by atoms with Gasteiger partial charge >= 0.3 is 0 Å². The highest BCUT2D eigenvalue weighted by Crippen LogP contribution is 2.25. The summed E-state index contributed by atoms with van der Waals surface area (Å²) in [6.45, 7) is 0.564. The quantitative estimate of drug-likeness (QED) is 0.475. The summed E-state index contributed by atoms with van der Waals surface area (Å²) in [4.78, 5) is 9.45. The average molecular weight is 419 g/mol. The van der Waals surface area contributed by atoms with Gasteiger partial charge in [0, 0.05) is 17.5 Å². The van der Waals surface area contributed by atoms with E-state index in [1.165, 1.54) is 7.05 Å². The summed E-state index contributed by atoms with van der Waals surface area (Å²) in [5, 5.41) is 4.36. The third-order valence-electron chi connectivity index (χ3n) is 4.79. The fraction of sp³-hybridized carbons (Fsp3) is 0.130. The molecule has 0 fully saturated rings. The van der Waals surface area contributed by atoms with E-state index in [2.05, 4.69) is 10.0 Å². The maximum atomic E-state index is 11.7. The molecule has 152 valence electrons. The Morgan fingerprint density at radius 1 is 0.800 bits per heavy atom. The summed E-state index contributed by atoms with van der Waals surface area (Å²) in [5.74, 6) is 1.40. The van der Waals surface area contributed by atoms with Crippen LogP contribution in [0.15, 0.2) is 78.9 Å². The van der Waals surface area contributed by atoms with Gasteiger partial charge in [0.05, 0.1) is 11.3 Å². The Morgan fingerprint density at radius 3 is 2.20 bits per heavy atom. The topological polar surface area (TPSA) is 84.0 Å². The first-order chi connectivity index (χ1) is 14.5. The van der Waals surface area contributed by atoms with Crippen LogP contribution in [0, 0.1) is 0 Å². The molecule has 7 heteroatoms. The second-order valence-corrected chi connectivity index (χ2v) is 8.84. The van der Waals surface area contributed by atoms with Crippen LogP contribution in [-0.2, 0) is 22.3 Å². The maximum Gasteiger partial charge on any atom is 0.215 e. The Labute approximate surface area is 176 Å². The third-order valence-corrected chi connectivity index (χ3v) is 6.12. The normalized spacial score (nSPS) is 11.5. The summed E-state index contributed by atoms with van der Waals surface area (Å²) < 4.78 is 25.7. The van der Waals surface area contributed by atoms with Gasteiger partial charge in [-0.3, -0.25) is 0 Å². The molecule has 1 aromatic heterocycles. The number of nitrogens with one attached hydrogen (secondary N) is 2. The van der Waals surface area contributed by atoms with E-state index in [9.17, 15) is 8.42 Å². The van der Waals surface area contributed by atoms with E-state index < -0.39 is 10.0 Å². The van der Waals surface area contributed by atoms with Crippen LogP contribution in [0.1, 0.15) is 11.1 Å². The van der Waals surface area contributed by atoms with Crippen LogP contribution in [0.4, 0.5) is 5.82 Å². The first-order valence-electron chi connectivity index (χ1n) is 9.59. The van der Waals surface area contributed by atoms with Gasteiger partial charge < -0.3 is 5.32 Å². The lowest BCUT2D eigenvalue weighted by Crippen LogP contribution is -2.20. The molecule has 0 bridgehead atoms. The van der Waals surface area contributed by atoms with Gasteiger partial charge in [-0.1, -0.05) is 66.7 Å². The minimum atomic E-state index is -3.28. The molecule has 30 heavy (non-hydrogen) atoms. The van der Waals surface area contributed by atoms with Crippen molar-refractivity contribution in [2.75, 3.05) is 12.4 Å². The fourth-order valence-corrected chi connectivity index (χ4v) is 3.93. The molecule has 6 nitrogen and oxygen atoms in total. The molecular formula is C23H22N4O2S. The highest BCUT2D eigenvalue weighted by Gasteiger charge is 2.10. The third kappa shape index (κ3) is 4.64. The highest BCUT2D eigenvalue weighted by atomic mass is 32.2. The number of nitrogens with zero attached hydrogens (tertiary/aromatic N) is 2. The van der Waals surface area contributed by atoms with Crippen LogP contribution in [0.3, 0.4) is 0 Å². The SMILES string of the molecule is CNS(=O)(=O)Cc1ccc(CNc2nc(-c3ccccc3)nc3ccccc23)cc1. The molecule has 0 aliphatic rings. The van der Waals surface area contributed by atoms with Crippen LogP contribution in [0.25, 0.3) is 22.3 Å². The molecule has 0 aliphatic heterocycles. The number of fused-ring (bicyclic) bond motifs is 1. The van der Waals surface area contributed by atoms with Gasteiger partial charge in [0.1, 0.15) is 5.82 Å². The van der Waals surface area contributed by atoms with E-state index in [-0.39, 0.29) is 5.75 Å². The van der Waals surface area contributed by atoms with E-state index >= 15 is 0 Å². The van der Waals surface area contributed by atoms with Crippen molar-refractivity contribution in [3.63, 3.8) is 0 Å². The lowest BCUT2D eigenvalue weighted by Gasteiger charge is -2.11. The first-order valence-corrected chi connectivity index (χ1v) is 11.2. The lowest BCUT2D eigenvalue weighted by atomic mass is 10.1. The number of sulfonamides is 1. The van der Waals surface area contributed by atoms with Gasteiger partial charge in [0.25, 0.3) is 0 Å². The Kier molecular flexibility index (Phi) is 5.74. The number of hydrogen-bond donors (Lipinski definition) is 2. The number of benzene rings is 3. The number of rotatable bonds is 7. The fourth-order valence-electron chi connectivity index (χ4n) is 3.16. The van der Waals surface area contributed by atoms with E-state index in [4.69, 9.17) is 9.97 Å². The Bertz CT molecular complexity index is 1260. The zero-order chi connectivity index (χ0) is 21.0. The maximum absolute atomic E-state index is 11.7. The zero-order valence-corrected chi connectivity index (χ0v) is 17.4. The Balaban J connectivity index is 1.58. The summed E-state index contributed by atoms with van der Waals surface area (Å²) in [7, 11) is -1.86. The molecule has 0 saturated carbocycles. The largest absolute Gasteiger partial charge is 0.365 e. The molecule has 4 aromatic rings. The minimum Gasteiger partial charge on any atom is -0.365 e. The zero-order valence-electron chi connectivity index (χ0n) is 16.5. The van der Waals surface area contributed by atoms with Crippen molar-refractivity contribution in [2.24, 2.45) is 0 Å². The lowest BCUT2D eigenvalue weighted by molar-refractivity contribution is 0.587. The molecule has 0 amide bonds. The molecular weight excluding hydrogens is 396 g/mol. The van der Waals surface area contributed by atoms with Crippen LogP contribution in [0.2, 0.25) is 0 Å². The van der Waals surface area contributed by atoms with Gasteiger partial charge in [0.2, 0.25) is 10.0 Å². The molecule has 0 saturated heterocycles. The Morgan fingerprint density at radius 2 is 1.47 bits per heavy atom. The van der Waals surface area contributed by atoms with Crippen molar-refractivity contribution in [2.45, 2.75) is 12.3 Å². The number of para-hydroxylation sites is 1. The summed E-state index contributed by atoms with van der Waals surface area (Å²) in [6.07, 6.45) is 0. The van der Waals surface area contributed by atoms with Crippen LogP contribution < -0.4 is 10.0 Å². The molecule has 0 unspecified atom stereocenters. The molecule has 1 heterocycles. The summed E-state index contributed by atoms with van der Waals surface area (Å²) in [6, 6.07) is 25.3. The molecule has 4 rings (SSSR count). The predicted molar refractivity (Wildman–Crippen MR) is 120 cm³/mol. The van der Waals surface area contributed by atoms with Gasteiger partial charge in [-0.15, -0.1) is 0 Å². The van der Waals surface area contributed by atoms with Crippen molar-refractivity contribution < 1.29 is 8.42 Å². The van der Waals surface area contributed by atoms with Crippen molar-refractivity contribution in [3.05, 3.63) is 90.0 Å². The molecule has 0 atom stereocenters. The highest BCUT2D eigenvalue weighted by molar-refractivity contribution is 7.88. The molecule has 0 radical (unpaired) electrons. The van der Waals surface area contributed by atoms with Crippen molar-refractivity contribution in [1.29, 1.82) is 0 Å². The average Bonchev–Trinajstić information content (AvgIpc) is 2.78. The summed E-state index contributed by atoms with van der Waals surface area (Å²) in [5.41, 5.74) is 3.61. The van der Waals surface area contributed by atoms with Crippen molar-refractivity contribution in [1.82, 2.24) is 14.7 Å². The van der Waals surface area contributed by atoms with Crippen LogP contribution in [-0.4, -0.2) is 25.4 Å². The van der Waals surface area contributed by atoms with Gasteiger partial charge in [-0.05, 0) is 30.3 Å². The molecule has 2 N–H and O–H groups in total. The second kappa shape index (κ2) is 8.61. The van der Waals surface area contributed by atoms with Crippen molar-refractivity contribution >= 4 is 26.7 Å². The predicted octanol–water partition coefficient (Wildman–Crippen LogP) is 3.96. The van der Waals surface area contributed by atoms with Gasteiger partial charge in [0.15, 0.2) is 5.82 Å². The molecule has 0 spiro atoms. The van der Waals surface area contributed by atoms with Gasteiger partial charge in [-0.2, -0.15) is 0 Å². The first kappa shape index (κ1) is 20.0. The number of aromatic nitrogens is 2. The van der Waals surface area contributed by atoms with Crippen LogP contribution in [0.5, 0.6) is 0 Å². The Hall–Kier alpha value is -3.29. The van der Waals surface area contributed by atoms with E-state index in [1.807, 2.05) is 78.9 Å². The number of hydrogen-bond acceptors (Lipinski definition) is 5. The smallest absolute Gasteiger partial charge is 0.215 e. The van der Waals surface area contributed by atoms with E-state index in [0.717, 1.165) is 33.4 Å². The van der Waals surface area contributed by atoms with Crippen LogP contribution >= 0.6 is 0 Å². The van der Waals surface area contributed by atoms with E-state index in [1.54, 1.807) is 0 Å².